The average molecular weight is 365 g/mol. The number of amides is 2. The number of anilines is 2. The number of likely N-dealkylation sites (N-methyl/N-ethyl adjacent to an activating group) is 1. The van der Waals surface area contributed by atoms with Crippen LogP contribution < -0.4 is 15.1 Å². The molecule has 1 aliphatic rings. The predicted molar refractivity (Wildman–Crippen MR) is 96.8 cm³/mol. The van der Waals surface area contributed by atoms with Gasteiger partial charge in [-0.15, -0.1) is 11.3 Å². The molecule has 1 unspecified atom stereocenters. The SMILES string of the molecule is C[C@@H](C(=O)N1CC(=O)Nc2ccccc21)[NH+](C)Cc1ccc(Cl)s1. The summed E-state index contributed by atoms with van der Waals surface area (Å²) in [7, 11) is 1.98. The normalized spacial score (nSPS) is 16.3. The van der Waals surface area contributed by atoms with Crippen molar-refractivity contribution >= 4 is 46.1 Å². The summed E-state index contributed by atoms with van der Waals surface area (Å²) in [6, 6.07) is 10.9. The van der Waals surface area contributed by atoms with Gasteiger partial charge in [0.05, 0.1) is 27.6 Å². The van der Waals surface area contributed by atoms with E-state index >= 15 is 0 Å². The standard InChI is InChI=1S/C17H18ClN3O2S/c1-11(20(2)9-12-7-8-15(18)24-12)17(23)21-10-16(22)19-13-5-3-4-6-14(13)21/h3-8,11H,9-10H2,1-2H3,(H,19,22)/p+1/t11-/m0/s1. The number of nitrogens with one attached hydrogen (secondary N) is 2. The number of hydrogen-bond donors (Lipinski definition) is 2. The van der Waals surface area contributed by atoms with Gasteiger partial charge >= 0.3 is 0 Å². The van der Waals surface area contributed by atoms with Crippen LogP contribution in [0.2, 0.25) is 4.34 Å². The minimum absolute atomic E-state index is 0.0539. The van der Waals surface area contributed by atoms with Crippen LogP contribution >= 0.6 is 22.9 Å². The van der Waals surface area contributed by atoms with Crippen LogP contribution in [-0.4, -0.2) is 31.4 Å². The third kappa shape index (κ3) is 3.45. The number of fused-ring (bicyclic) bond motifs is 1. The number of quaternary nitrogens is 1. The molecule has 0 radical (unpaired) electrons. The first kappa shape index (κ1) is 17.0. The molecule has 2 amide bonds. The quantitative estimate of drug-likeness (QED) is 0.869. The van der Waals surface area contributed by atoms with Crippen LogP contribution in [0, 0.1) is 0 Å². The lowest BCUT2D eigenvalue weighted by molar-refractivity contribution is -0.907. The van der Waals surface area contributed by atoms with Crippen molar-refractivity contribution in [2.24, 2.45) is 0 Å². The maximum Gasteiger partial charge on any atom is 0.285 e. The third-order valence-electron chi connectivity index (χ3n) is 4.23. The minimum atomic E-state index is -0.273. The number of halogens is 1. The summed E-state index contributed by atoms with van der Waals surface area (Å²) in [5, 5.41) is 2.80. The summed E-state index contributed by atoms with van der Waals surface area (Å²) >= 11 is 7.49. The van der Waals surface area contributed by atoms with Gasteiger partial charge in [0.1, 0.15) is 13.1 Å². The van der Waals surface area contributed by atoms with Crippen molar-refractivity contribution in [3.63, 3.8) is 0 Å². The Hall–Kier alpha value is -1.89. The van der Waals surface area contributed by atoms with E-state index in [0.29, 0.717) is 12.2 Å². The number of rotatable bonds is 4. The summed E-state index contributed by atoms with van der Waals surface area (Å²) in [6.45, 7) is 2.66. The van der Waals surface area contributed by atoms with Gasteiger partial charge in [-0.1, -0.05) is 23.7 Å². The molecule has 1 aliphatic heterocycles. The van der Waals surface area contributed by atoms with Gasteiger partial charge in [0.25, 0.3) is 5.91 Å². The van der Waals surface area contributed by atoms with E-state index in [9.17, 15) is 9.59 Å². The summed E-state index contributed by atoms with van der Waals surface area (Å²) in [5.74, 6) is -0.227. The molecule has 1 aromatic heterocycles. The monoisotopic (exact) mass is 364 g/mol. The van der Waals surface area contributed by atoms with Crippen molar-refractivity contribution < 1.29 is 14.5 Å². The van der Waals surface area contributed by atoms with Crippen LogP contribution in [0.15, 0.2) is 36.4 Å². The van der Waals surface area contributed by atoms with E-state index in [1.165, 1.54) is 11.3 Å². The molecule has 0 bridgehead atoms. The van der Waals surface area contributed by atoms with Crippen LogP contribution in [-0.2, 0) is 16.1 Å². The van der Waals surface area contributed by atoms with Gasteiger partial charge in [0.2, 0.25) is 5.91 Å². The molecule has 0 saturated carbocycles. The van der Waals surface area contributed by atoms with Crippen molar-refractivity contribution in [1.29, 1.82) is 0 Å². The first-order valence-electron chi connectivity index (χ1n) is 7.72. The van der Waals surface area contributed by atoms with Crippen molar-refractivity contribution in [2.75, 3.05) is 23.8 Å². The number of para-hydroxylation sites is 2. The largest absolute Gasteiger partial charge is 0.323 e. The number of nitrogens with zero attached hydrogens (tertiary/aromatic N) is 1. The molecule has 2 heterocycles. The Labute approximate surface area is 149 Å². The van der Waals surface area contributed by atoms with Gasteiger partial charge in [0, 0.05) is 0 Å². The van der Waals surface area contributed by atoms with Gasteiger partial charge in [-0.2, -0.15) is 0 Å². The maximum absolute atomic E-state index is 12.9. The fourth-order valence-corrected chi connectivity index (χ4v) is 3.93. The highest BCUT2D eigenvalue weighted by Crippen LogP contribution is 2.29. The molecule has 7 heteroatoms. The maximum atomic E-state index is 12.9. The first-order chi connectivity index (χ1) is 11.5. The molecule has 3 rings (SSSR count). The predicted octanol–water partition coefficient (Wildman–Crippen LogP) is 1.79. The highest BCUT2D eigenvalue weighted by molar-refractivity contribution is 7.16. The third-order valence-corrected chi connectivity index (χ3v) is 5.46. The number of benzene rings is 1. The van der Waals surface area contributed by atoms with Crippen molar-refractivity contribution in [2.45, 2.75) is 19.5 Å². The molecule has 2 atom stereocenters. The molecule has 0 spiro atoms. The molecule has 0 fully saturated rings. The number of thiophene rings is 1. The molecular weight excluding hydrogens is 346 g/mol. The molecule has 24 heavy (non-hydrogen) atoms. The van der Waals surface area contributed by atoms with Gasteiger partial charge in [-0.3, -0.25) is 14.5 Å². The molecule has 5 nitrogen and oxygen atoms in total. The Morgan fingerprint density at radius 3 is 2.83 bits per heavy atom. The summed E-state index contributed by atoms with van der Waals surface area (Å²) in [5.41, 5.74) is 1.43. The van der Waals surface area contributed by atoms with Crippen molar-refractivity contribution in [3.8, 4) is 0 Å². The van der Waals surface area contributed by atoms with Gasteiger partial charge in [0.15, 0.2) is 6.04 Å². The smallest absolute Gasteiger partial charge is 0.285 e. The molecular formula is C17H19ClN3O2S+. The Kier molecular flexibility index (Phi) is 4.89. The van der Waals surface area contributed by atoms with E-state index in [-0.39, 0.29) is 24.4 Å². The summed E-state index contributed by atoms with van der Waals surface area (Å²) in [6.07, 6.45) is 0. The lowest BCUT2D eigenvalue weighted by Gasteiger charge is -2.32. The summed E-state index contributed by atoms with van der Waals surface area (Å²) in [4.78, 5) is 28.6. The van der Waals surface area contributed by atoms with E-state index in [0.717, 1.165) is 19.8 Å². The fraction of sp³-hybridized carbons (Fsp3) is 0.294. The zero-order valence-electron chi connectivity index (χ0n) is 13.5. The fourth-order valence-electron chi connectivity index (χ4n) is 2.75. The van der Waals surface area contributed by atoms with Crippen molar-refractivity contribution in [1.82, 2.24) is 0 Å². The van der Waals surface area contributed by atoms with E-state index in [1.807, 2.05) is 50.4 Å². The van der Waals surface area contributed by atoms with Gasteiger partial charge in [-0.25, -0.2) is 0 Å². The van der Waals surface area contributed by atoms with Crippen LogP contribution in [0.25, 0.3) is 0 Å². The lowest BCUT2D eigenvalue weighted by atomic mass is 10.1. The van der Waals surface area contributed by atoms with Gasteiger partial charge < -0.3 is 10.2 Å². The summed E-state index contributed by atoms with van der Waals surface area (Å²) < 4.78 is 0.749. The first-order valence-corrected chi connectivity index (χ1v) is 8.92. The Morgan fingerprint density at radius 1 is 1.38 bits per heavy atom. The molecule has 2 N–H and O–H groups in total. The zero-order chi connectivity index (χ0) is 17.3. The van der Waals surface area contributed by atoms with Gasteiger partial charge in [-0.05, 0) is 31.2 Å². The van der Waals surface area contributed by atoms with E-state index in [2.05, 4.69) is 5.32 Å². The van der Waals surface area contributed by atoms with Crippen LogP contribution in [0.5, 0.6) is 0 Å². The topological polar surface area (TPSA) is 53.9 Å². The van der Waals surface area contributed by atoms with E-state index < -0.39 is 0 Å². The highest BCUT2D eigenvalue weighted by atomic mass is 35.5. The van der Waals surface area contributed by atoms with Crippen LogP contribution in [0.3, 0.4) is 0 Å². The Balaban J connectivity index is 1.77. The Bertz CT molecular complexity index is 777. The average Bonchev–Trinajstić information content (AvgIpc) is 2.97. The minimum Gasteiger partial charge on any atom is -0.323 e. The molecule has 0 saturated heterocycles. The van der Waals surface area contributed by atoms with Crippen LogP contribution in [0.1, 0.15) is 11.8 Å². The second-order valence-corrected chi connectivity index (χ2v) is 7.74. The lowest BCUT2D eigenvalue weighted by Crippen LogP contribution is -3.12. The molecule has 126 valence electrons. The number of carbonyl (C=O) groups is 2. The number of hydrogen-bond acceptors (Lipinski definition) is 3. The van der Waals surface area contributed by atoms with E-state index in [1.54, 1.807) is 4.90 Å². The second-order valence-electron chi connectivity index (χ2n) is 5.94. The van der Waals surface area contributed by atoms with E-state index in [4.69, 9.17) is 11.6 Å². The highest BCUT2D eigenvalue weighted by Gasteiger charge is 2.33. The molecule has 1 aromatic carbocycles. The molecule has 0 aliphatic carbocycles. The van der Waals surface area contributed by atoms with Crippen molar-refractivity contribution in [3.05, 3.63) is 45.6 Å². The second kappa shape index (κ2) is 6.93. The zero-order valence-corrected chi connectivity index (χ0v) is 15.1. The Morgan fingerprint density at radius 2 is 2.12 bits per heavy atom. The van der Waals surface area contributed by atoms with Crippen LogP contribution in [0.4, 0.5) is 11.4 Å². The molecule has 2 aromatic rings. The number of carbonyl (C=O) groups excluding carboxylic acids is 2.